The number of carboxylic acid groups (broad SMARTS) is 1. The average molecular weight is 274 g/mol. The van der Waals surface area contributed by atoms with Crippen molar-refractivity contribution in [3.63, 3.8) is 0 Å². The van der Waals surface area contributed by atoms with Gasteiger partial charge in [0.2, 0.25) is 5.91 Å². The Morgan fingerprint density at radius 1 is 1.44 bits per heavy atom. The van der Waals surface area contributed by atoms with Crippen molar-refractivity contribution in [2.75, 3.05) is 0 Å². The topological polar surface area (TPSA) is 66.4 Å². The van der Waals surface area contributed by atoms with E-state index in [-0.39, 0.29) is 29.8 Å². The van der Waals surface area contributed by atoms with Crippen molar-refractivity contribution in [1.29, 1.82) is 0 Å². The molecule has 1 aromatic carbocycles. The molecule has 4 nitrogen and oxygen atoms in total. The van der Waals surface area contributed by atoms with Gasteiger partial charge in [-0.05, 0) is 24.6 Å². The number of benzene rings is 1. The SMILES string of the molecule is CC(NC(=O)CCC(=O)O)c1ccc(F)c(Cl)c1. The predicted molar refractivity (Wildman–Crippen MR) is 64.8 cm³/mol. The van der Waals surface area contributed by atoms with E-state index in [1.54, 1.807) is 6.92 Å². The molecule has 0 heterocycles. The summed E-state index contributed by atoms with van der Waals surface area (Å²) in [4.78, 5) is 21.7. The monoisotopic (exact) mass is 273 g/mol. The summed E-state index contributed by atoms with van der Waals surface area (Å²) in [6.45, 7) is 1.71. The number of hydrogen-bond acceptors (Lipinski definition) is 2. The van der Waals surface area contributed by atoms with Crippen molar-refractivity contribution < 1.29 is 19.1 Å². The van der Waals surface area contributed by atoms with E-state index in [1.807, 2.05) is 0 Å². The van der Waals surface area contributed by atoms with Gasteiger partial charge in [-0.2, -0.15) is 0 Å². The molecule has 1 rings (SSSR count). The lowest BCUT2D eigenvalue weighted by Crippen LogP contribution is -2.26. The molecule has 0 radical (unpaired) electrons. The molecule has 0 saturated carbocycles. The lowest BCUT2D eigenvalue weighted by atomic mass is 10.1. The largest absolute Gasteiger partial charge is 0.481 e. The maximum atomic E-state index is 12.9. The van der Waals surface area contributed by atoms with Crippen LogP contribution in [-0.4, -0.2) is 17.0 Å². The van der Waals surface area contributed by atoms with Crippen LogP contribution in [0.3, 0.4) is 0 Å². The zero-order valence-electron chi connectivity index (χ0n) is 9.74. The number of amides is 1. The van der Waals surface area contributed by atoms with Crippen molar-refractivity contribution >= 4 is 23.5 Å². The lowest BCUT2D eigenvalue weighted by molar-refractivity contribution is -0.138. The van der Waals surface area contributed by atoms with E-state index in [4.69, 9.17) is 16.7 Å². The van der Waals surface area contributed by atoms with Crippen molar-refractivity contribution in [1.82, 2.24) is 5.32 Å². The third-order valence-electron chi connectivity index (χ3n) is 2.39. The molecule has 1 atom stereocenters. The molecule has 0 bridgehead atoms. The molecule has 0 aliphatic heterocycles. The minimum Gasteiger partial charge on any atom is -0.481 e. The van der Waals surface area contributed by atoms with E-state index in [9.17, 15) is 14.0 Å². The first kappa shape index (κ1) is 14.4. The Hall–Kier alpha value is -1.62. The van der Waals surface area contributed by atoms with Gasteiger partial charge < -0.3 is 10.4 Å². The van der Waals surface area contributed by atoms with Gasteiger partial charge in [-0.3, -0.25) is 9.59 Å². The standard InChI is InChI=1S/C12H13ClFNO3/c1-7(15-11(16)4-5-12(17)18)8-2-3-10(14)9(13)6-8/h2-3,6-7H,4-5H2,1H3,(H,15,16)(H,17,18). The fourth-order valence-corrected chi connectivity index (χ4v) is 1.59. The number of halogens is 2. The maximum absolute atomic E-state index is 12.9. The summed E-state index contributed by atoms with van der Waals surface area (Å²) in [5, 5.41) is 11.0. The van der Waals surface area contributed by atoms with Crippen LogP contribution in [0.1, 0.15) is 31.4 Å². The van der Waals surface area contributed by atoms with Crippen LogP contribution in [0.15, 0.2) is 18.2 Å². The molecule has 1 amide bonds. The number of carbonyl (C=O) groups excluding carboxylic acids is 1. The molecule has 98 valence electrons. The number of hydrogen-bond donors (Lipinski definition) is 2. The molecule has 6 heteroatoms. The van der Waals surface area contributed by atoms with E-state index >= 15 is 0 Å². The molecule has 0 spiro atoms. The Morgan fingerprint density at radius 2 is 2.11 bits per heavy atom. The summed E-state index contributed by atoms with van der Waals surface area (Å²) in [5.74, 6) is -1.92. The lowest BCUT2D eigenvalue weighted by Gasteiger charge is -2.14. The molecule has 0 aromatic heterocycles. The Morgan fingerprint density at radius 3 is 2.67 bits per heavy atom. The summed E-state index contributed by atoms with van der Waals surface area (Å²) in [5.41, 5.74) is 0.657. The van der Waals surface area contributed by atoms with Gasteiger partial charge in [0.25, 0.3) is 0 Å². The van der Waals surface area contributed by atoms with Crippen LogP contribution in [0.2, 0.25) is 5.02 Å². The third-order valence-corrected chi connectivity index (χ3v) is 2.68. The molecule has 0 aliphatic rings. The zero-order valence-corrected chi connectivity index (χ0v) is 10.5. The van der Waals surface area contributed by atoms with Crippen molar-refractivity contribution in [2.24, 2.45) is 0 Å². The van der Waals surface area contributed by atoms with E-state index in [1.165, 1.54) is 18.2 Å². The summed E-state index contributed by atoms with van der Waals surface area (Å²) in [6.07, 6.45) is -0.308. The highest BCUT2D eigenvalue weighted by atomic mass is 35.5. The van der Waals surface area contributed by atoms with Crippen LogP contribution >= 0.6 is 11.6 Å². The summed E-state index contributed by atoms with van der Waals surface area (Å²) in [6, 6.07) is 3.81. The molecular formula is C12H13ClFNO3. The van der Waals surface area contributed by atoms with Crippen LogP contribution in [0.5, 0.6) is 0 Å². The fraction of sp³-hybridized carbons (Fsp3) is 0.333. The summed E-state index contributed by atoms with van der Waals surface area (Å²) in [7, 11) is 0. The Bertz CT molecular complexity index is 465. The highest BCUT2D eigenvalue weighted by molar-refractivity contribution is 6.30. The number of carboxylic acids is 1. The number of nitrogens with one attached hydrogen (secondary N) is 1. The van der Waals surface area contributed by atoms with Crippen LogP contribution < -0.4 is 5.32 Å². The minimum atomic E-state index is -1.03. The molecule has 1 unspecified atom stereocenters. The Labute approximate surface area is 109 Å². The first-order valence-corrected chi connectivity index (χ1v) is 5.74. The van der Waals surface area contributed by atoms with Gasteiger partial charge in [-0.15, -0.1) is 0 Å². The quantitative estimate of drug-likeness (QED) is 0.866. The molecular weight excluding hydrogens is 261 g/mol. The molecule has 0 fully saturated rings. The average Bonchev–Trinajstić information content (AvgIpc) is 2.30. The zero-order chi connectivity index (χ0) is 13.7. The van der Waals surface area contributed by atoms with Gasteiger partial charge >= 0.3 is 5.97 Å². The molecule has 1 aromatic rings. The second-order valence-electron chi connectivity index (χ2n) is 3.86. The smallest absolute Gasteiger partial charge is 0.303 e. The number of rotatable bonds is 5. The number of aliphatic carboxylic acids is 1. The van der Waals surface area contributed by atoms with Crippen LogP contribution in [-0.2, 0) is 9.59 Å². The van der Waals surface area contributed by atoms with Gasteiger partial charge in [0.05, 0.1) is 17.5 Å². The summed E-state index contributed by atoms with van der Waals surface area (Å²) >= 11 is 5.63. The van der Waals surface area contributed by atoms with E-state index in [2.05, 4.69) is 5.32 Å². The van der Waals surface area contributed by atoms with Crippen molar-refractivity contribution in [3.8, 4) is 0 Å². The van der Waals surface area contributed by atoms with E-state index in [0.717, 1.165) is 0 Å². The third kappa shape index (κ3) is 4.33. The van der Waals surface area contributed by atoms with Crippen LogP contribution in [0, 0.1) is 5.82 Å². The number of carbonyl (C=O) groups is 2. The van der Waals surface area contributed by atoms with Gasteiger partial charge in [-0.25, -0.2) is 4.39 Å². The van der Waals surface area contributed by atoms with Crippen molar-refractivity contribution in [3.05, 3.63) is 34.6 Å². The van der Waals surface area contributed by atoms with Gasteiger partial charge in [0.15, 0.2) is 0 Å². The Balaban J connectivity index is 2.59. The normalized spacial score (nSPS) is 11.9. The Kier molecular flexibility index (Phi) is 5.09. The first-order chi connectivity index (χ1) is 8.40. The molecule has 0 saturated heterocycles. The van der Waals surface area contributed by atoms with Gasteiger partial charge in [0.1, 0.15) is 5.82 Å². The van der Waals surface area contributed by atoms with E-state index < -0.39 is 11.8 Å². The highest BCUT2D eigenvalue weighted by Crippen LogP contribution is 2.20. The molecule has 2 N–H and O–H groups in total. The second kappa shape index (κ2) is 6.35. The van der Waals surface area contributed by atoms with Crippen molar-refractivity contribution in [2.45, 2.75) is 25.8 Å². The van der Waals surface area contributed by atoms with E-state index in [0.29, 0.717) is 5.56 Å². The van der Waals surface area contributed by atoms with Crippen LogP contribution in [0.4, 0.5) is 4.39 Å². The molecule has 18 heavy (non-hydrogen) atoms. The second-order valence-corrected chi connectivity index (χ2v) is 4.26. The fourth-order valence-electron chi connectivity index (χ4n) is 1.40. The minimum absolute atomic E-state index is 0.0147. The van der Waals surface area contributed by atoms with Gasteiger partial charge in [-0.1, -0.05) is 17.7 Å². The van der Waals surface area contributed by atoms with Gasteiger partial charge in [0, 0.05) is 6.42 Å². The predicted octanol–water partition coefficient (Wildman–Crippen LogP) is 2.52. The first-order valence-electron chi connectivity index (χ1n) is 5.36. The maximum Gasteiger partial charge on any atom is 0.303 e. The van der Waals surface area contributed by atoms with Crippen LogP contribution in [0.25, 0.3) is 0 Å². The molecule has 0 aliphatic carbocycles. The highest BCUT2D eigenvalue weighted by Gasteiger charge is 2.12. The summed E-state index contributed by atoms with van der Waals surface area (Å²) < 4.78 is 12.9.